The van der Waals surface area contributed by atoms with Gasteiger partial charge in [0, 0.05) is 25.9 Å². The Kier molecular flexibility index (Phi) is 4.09. The molecule has 0 bridgehead atoms. The minimum absolute atomic E-state index is 0.116. The van der Waals surface area contributed by atoms with Crippen LogP contribution >= 0.6 is 0 Å². The number of ketones is 1. The van der Waals surface area contributed by atoms with Crippen molar-refractivity contribution in [3.8, 4) is 5.75 Å². The molecule has 0 N–H and O–H groups in total. The highest BCUT2D eigenvalue weighted by Gasteiger charge is 2.21. The SMILES string of the molecule is O=C1CCN(C(=O)COc2c(F)cccc2F)CC1. The van der Waals surface area contributed by atoms with Gasteiger partial charge < -0.3 is 9.64 Å². The summed E-state index contributed by atoms with van der Waals surface area (Å²) in [6.45, 7) is 0.230. The van der Waals surface area contributed by atoms with Crippen molar-refractivity contribution in [2.75, 3.05) is 19.7 Å². The van der Waals surface area contributed by atoms with Crippen molar-refractivity contribution in [3.05, 3.63) is 29.8 Å². The molecular weight excluding hydrogens is 256 g/mol. The molecular formula is C13H13F2NO3. The largest absolute Gasteiger partial charge is 0.478 e. The Hall–Kier alpha value is -1.98. The summed E-state index contributed by atoms with van der Waals surface area (Å²) in [5.41, 5.74) is 0. The van der Waals surface area contributed by atoms with E-state index in [-0.39, 0.29) is 11.7 Å². The zero-order chi connectivity index (χ0) is 13.8. The van der Waals surface area contributed by atoms with Gasteiger partial charge in [0.1, 0.15) is 5.78 Å². The fourth-order valence-electron chi connectivity index (χ4n) is 1.85. The van der Waals surface area contributed by atoms with Crippen LogP contribution in [0.1, 0.15) is 12.8 Å². The van der Waals surface area contributed by atoms with Gasteiger partial charge in [-0.05, 0) is 12.1 Å². The molecule has 0 saturated carbocycles. The first-order valence-corrected chi connectivity index (χ1v) is 5.94. The van der Waals surface area contributed by atoms with Crippen LogP contribution in [0, 0.1) is 11.6 Å². The summed E-state index contributed by atoms with van der Waals surface area (Å²) < 4.78 is 31.4. The Morgan fingerprint density at radius 3 is 2.37 bits per heavy atom. The normalized spacial score (nSPS) is 15.5. The number of hydrogen-bond donors (Lipinski definition) is 0. The zero-order valence-corrected chi connectivity index (χ0v) is 10.2. The fourth-order valence-corrected chi connectivity index (χ4v) is 1.85. The topological polar surface area (TPSA) is 46.6 Å². The number of hydrogen-bond acceptors (Lipinski definition) is 3. The summed E-state index contributed by atoms with van der Waals surface area (Å²) in [4.78, 5) is 24.2. The number of halogens is 2. The van der Waals surface area contributed by atoms with Crippen LogP contribution in [0.25, 0.3) is 0 Å². The lowest BCUT2D eigenvalue weighted by atomic mass is 10.1. The van der Waals surface area contributed by atoms with Crippen LogP contribution in [0.5, 0.6) is 5.75 Å². The molecule has 1 saturated heterocycles. The van der Waals surface area contributed by atoms with Gasteiger partial charge in [-0.2, -0.15) is 0 Å². The molecule has 1 aromatic rings. The van der Waals surface area contributed by atoms with Crippen molar-refractivity contribution in [1.82, 2.24) is 4.90 Å². The lowest BCUT2D eigenvalue weighted by Crippen LogP contribution is -2.41. The Morgan fingerprint density at radius 1 is 1.21 bits per heavy atom. The van der Waals surface area contributed by atoms with E-state index in [1.807, 2.05) is 0 Å². The Balaban J connectivity index is 1.92. The highest BCUT2D eigenvalue weighted by molar-refractivity contribution is 5.83. The van der Waals surface area contributed by atoms with E-state index >= 15 is 0 Å². The zero-order valence-electron chi connectivity index (χ0n) is 10.2. The molecule has 0 radical (unpaired) electrons. The van der Waals surface area contributed by atoms with E-state index in [4.69, 9.17) is 4.74 Å². The number of likely N-dealkylation sites (tertiary alicyclic amines) is 1. The maximum absolute atomic E-state index is 13.3. The summed E-state index contributed by atoms with van der Waals surface area (Å²) in [5, 5.41) is 0. The van der Waals surface area contributed by atoms with Gasteiger partial charge in [0.25, 0.3) is 5.91 Å². The van der Waals surface area contributed by atoms with Crippen molar-refractivity contribution < 1.29 is 23.1 Å². The van der Waals surface area contributed by atoms with E-state index in [1.54, 1.807) is 0 Å². The fraction of sp³-hybridized carbons (Fsp3) is 0.385. The van der Waals surface area contributed by atoms with E-state index in [0.717, 1.165) is 12.1 Å². The molecule has 1 amide bonds. The second-order valence-electron chi connectivity index (χ2n) is 4.26. The Morgan fingerprint density at radius 2 is 1.79 bits per heavy atom. The van der Waals surface area contributed by atoms with Crippen molar-refractivity contribution in [3.63, 3.8) is 0 Å². The number of ether oxygens (including phenoxy) is 1. The third-order valence-corrected chi connectivity index (χ3v) is 2.93. The van der Waals surface area contributed by atoms with Gasteiger partial charge in [0.05, 0.1) is 0 Å². The predicted octanol–water partition coefficient (Wildman–Crippen LogP) is 1.54. The van der Waals surface area contributed by atoms with Crippen LogP contribution in [0.3, 0.4) is 0 Å². The molecule has 1 fully saturated rings. The number of carbonyl (C=O) groups excluding carboxylic acids is 2. The number of nitrogens with zero attached hydrogens (tertiary/aromatic N) is 1. The Bertz CT molecular complexity index is 474. The molecule has 0 aliphatic carbocycles. The van der Waals surface area contributed by atoms with E-state index in [2.05, 4.69) is 0 Å². The van der Waals surface area contributed by atoms with Gasteiger partial charge in [-0.15, -0.1) is 0 Å². The second-order valence-corrected chi connectivity index (χ2v) is 4.26. The minimum Gasteiger partial charge on any atom is -0.478 e. The molecule has 4 nitrogen and oxygen atoms in total. The maximum Gasteiger partial charge on any atom is 0.260 e. The molecule has 0 atom stereocenters. The number of Topliss-reactive ketones (excluding diaryl/α,β-unsaturated/α-hetero) is 1. The van der Waals surface area contributed by atoms with Gasteiger partial charge in [0.2, 0.25) is 0 Å². The first-order valence-electron chi connectivity index (χ1n) is 5.94. The molecule has 0 unspecified atom stereocenters. The van der Waals surface area contributed by atoms with Crippen LogP contribution < -0.4 is 4.74 Å². The number of para-hydroxylation sites is 1. The molecule has 1 heterocycles. The molecule has 1 aliphatic rings. The number of piperidine rings is 1. The lowest BCUT2D eigenvalue weighted by Gasteiger charge is -2.25. The standard InChI is InChI=1S/C13H13F2NO3/c14-10-2-1-3-11(15)13(10)19-8-12(18)16-6-4-9(17)5-7-16/h1-3H,4-8H2. The van der Waals surface area contributed by atoms with Gasteiger partial charge >= 0.3 is 0 Å². The molecule has 0 aromatic heterocycles. The van der Waals surface area contributed by atoms with E-state index < -0.39 is 24.0 Å². The molecule has 1 aromatic carbocycles. The monoisotopic (exact) mass is 269 g/mol. The van der Waals surface area contributed by atoms with Crippen LogP contribution in [0.4, 0.5) is 8.78 Å². The molecule has 19 heavy (non-hydrogen) atoms. The smallest absolute Gasteiger partial charge is 0.260 e. The summed E-state index contributed by atoms with van der Waals surface area (Å²) in [5.74, 6) is -2.51. The van der Waals surface area contributed by atoms with Gasteiger partial charge in [-0.25, -0.2) is 8.78 Å². The van der Waals surface area contributed by atoms with E-state index in [0.29, 0.717) is 25.9 Å². The first kappa shape index (κ1) is 13.5. The summed E-state index contributed by atoms with van der Waals surface area (Å²) in [6, 6.07) is 3.33. The third-order valence-electron chi connectivity index (χ3n) is 2.93. The van der Waals surface area contributed by atoms with Crippen molar-refractivity contribution in [2.45, 2.75) is 12.8 Å². The van der Waals surface area contributed by atoms with Crippen LogP contribution in [-0.4, -0.2) is 36.3 Å². The molecule has 6 heteroatoms. The lowest BCUT2D eigenvalue weighted by molar-refractivity contribution is -0.136. The van der Waals surface area contributed by atoms with Gasteiger partial charge in [0.15, 0.2) is 24.0 Å². The number of amides is 1. The van der Waals surface area contributed by atoms with Crippen molar-refractivity contribution >= 4 is 11.7 Å². The highest BCUT2D eigenvalue weighted by atomic mass is 19.1. The first-order chi connectivity index (χ1) is 9.08. The van der Waals surface area contributed by atoms with E-state index in [1.165, 1.54) is 11.0 Å². The quantitative estimate of drug-likeness (QED) is 0.836. The van der Waals surface area contributed by atoms with Gasteiger partial charge in [-0.1, -0.05) is 6.07 Å². The molecule has 102 valence electrons. The summed E-state index contributed by atoms with van der Waals surface area (Å²) in [6.07, 6.45) is 0.638. The minimum atomic E-state index is -0.846. The molecule has 2 rings (SSSR count). The average molecular weight is 269 g/mol. The summed E-state index contributed by atoms with van der Waals surface area (Å²) in [7, 11) is 0. The van der Waals surface area contributed by atoms with Gasteiger partial charge in [-0.3, -0.25) is 9.59 Å². The predicted molar refractivity (Wildman–Crippen MR) is 62.7 cm³/mol. The summed E-state index contributed by atoms with van der Waals surface area (Å²) >= 11 is 0. The van der Waals surface area contributed by atoms with Crippen molar-refractivity contribution in [2.24, 2.45) is 0 Å². The molecule has 0 spiro atoms. The molecule has 1 aliphatic heterocycles. The third kappa shape index (κ3) is 3.27. The van der Waals surface area contributed by atoms with Crippen LogP contribution in [0.2, 0.25) is 0 Å². The number of benzene rings is 1. The maximum atomic E-state index is 13.3. The average Bonchev–Trinajstić information content (AvgIpc) is 2.38. The van der Waals surface area contributed by atoms with E-state index in [9.17, 15) is 18.4 Å². The van der Waals surface area contributed by atoms with Crippen LogP contribution in [-0.2, 0) is 9.59 Å². The van der Waals surface area contributed by atoms with Crippen molar-refractivity contribution in [1.29, 1.82) is 0 Å². The Labute approximate surface area is 109 Å². The van der Waals surface area contributed by atoms with Crippen LogP contribution in [0.15, 0.2) is 18.2 Å². The second kappa shape index (κ2) is 5.77. The highest BCUT2D eigenvalue weighted by Crippen LogP contribution is 2.20. The number of rotatable bonds is 3. The number of carbonyl (C=O) groups is 2.